The van der Waals surface area contributed by atoms with Crippen LogP contribution in [0.5, 0.6) is 0 Å². The second kappa shape index (κ2) is 11.5. The highest BCUT2D eigenvalue weighted by atomic mass is 33.1. The van der Waals surface area contributed by atoms with E-state index in [1.54, 1.807) is 0 Å². The first kappa shape index (κ1) is 27.4. The Hall–Kier alpha value is -0.860. The Balaban J connectivity index is 2.63. The second-order valence-corrected chi connectivity index (χ2v) is 13.3. The highest BCUT2D eigenvalue weighted by molar-refractivity contribution is 8.76. The van der Waals surface area contributed by atoms with Crippen LogP contribution < -0.4 is 0 Å². The molecular formula is C30H46S2. The van der Waals surface area contributed by atoms with Gasteiger partial charge in [-0.3, -0.25) is 0 Å². The molecule has 2 aromatic rings. The maximum Gasteiger partial charge on any atom is 0.0255 e. The molecule has 0 amide bonds. The van der Waals surface area contributed by atoms with E-state index < -0.39 is 0 Å². The number of benzene rings is 2. The van der Waals surface area contributed by atoms with Crippen molar-refractivity contribution in [1.82, 2.24) is 0 Å². The van der Waals surface area contributed by atoms with Crippen LogP contribution in [0.3, 0.4) is 0 Å². The van der Waals surface area contributed by atoms with Crippen molar-refractivity contribution in [2.24, 2.45) is 0 Å². The molecule has 32 heavy (non-hydrogen) atoms. The molecule has 0 aliphatic carbocycles. The highest BCUT2D eigenvalue weighted by Gasteiger charge is 2.22. The van der Waals surface area contributed by atoms with E-state index in [9.17, 15) is 0 Å². The molecule has 0 radical (unpaired) electrons. The van der Waals surface area contributed by atoms with Gasteiger partial charge >= 0.3 is 0 Å². The lowest BCUT2D eigenvalue weighted by Gasteiger charge is -2.25. The molecule has 0 aliphatic rings. The van der Waals surface area contributed by atoms with Crippen LogP contribution in [-0.2, 0) is 0 Å². The van der Waals surface area contributed by atoms with Crippen LogP contribution in [0.25, 0.3) is 0 Å². The fraction of sp³-hybridized carbons (Fsp3) is 0.600. The van der Waals surface area contributed by atoms with Gasteiger partial charge in [-0.05, 0) is 68.9 Å². The van der Waals surface area contributed by atoms with Crippen molar-refractivity contribution in [3.8, 4) is 0 Å². The van der Waals surface area contributed by atoms with Gasteiger partial charge in [0.25, 0.3) is 0 Å². The third kappa shape index (κ3) is 6.38. The van der Waals surface area contributed by atoms with Crippen LogP contribution in [0, 0.1) is 0 Å². The largest absolute Gasteiger partial charge is 0.0587 e. The van der Waals surface area contributed by atoms with Crippen LogP contribution in [-0.4, -0.2) is 0 Å². The lowest BCUT2D eigenvalue weighted by Crippen LogP contribution is -2.03. The summed E-state index contributed by atoms with van der Waals surface area (Å²) < 4.78 is 0. The summed E-state index contributed by atoms with van der Waals surface area (Å²) >= 11 is 0. The van der Waals surface area contributed by atoms with Gasteiger partial charge < -0.3 is 0 Å². The molecule has 178 valence electrons. The lowest BCUT2D eigenvalue weighted by atomic mass is 9.89. The Morgan fingerprint density at radius 2 is 0.594 bits per heavy atom. The van der Waals surface area contributed by atoms with Gasteiger partial charge in [-0.15, -0.1) is 0 Å². The van der Waals surface area contributed by atoms with Crippen molar-refractivity contribution in [2.75, 3.05) is 0 Å². The van der Waals surface area contributed by atoms with Gasteiger partial charge in [0.15, 0.2) is 0 Å². The van der Waals surface area contributed by atoms with Gasteiger partial charge in [0.05, 0.1) is 0 Å². The Morgan fingerprint density at radius 3 is 0.750 bits per heavy atom. The zero-order chi connectivity index (χ0) is 24.3. The SMILES string of the molecule is CC(C)c1cc(C(C)C)c(SSc2c(C(C)C)cc(C(C)C)cc2C(C)C)c(C(C)C)c1. The first-order valence-electron chi connectivity index (χ1n) is 12.5. The smallest absolute Gasteiger partial charge is 0.0255 e. The minimum Gasteiger partial charge on any atom is -0.0587 e. The monoisotopic (exact) mass is 470 g/mol. The molecule has 0 nitrogen and oxygen atoms in total. The van der Waals surface area contributed by atoms with Crippen molar-refractivity contribution in [3.05, 3.63) is 57.6 Å². The van der Waals surface area contributed by atoms with E-state index >= 15 is 0 Å². The molecule has 0 heterocycles. The minimum atomic E-state index is 0.520. The van der Waals surface area contributed by atoms with Crippen molar-refractivity contribution < 1.29 is 0 Å². The molecule has 0 bridgehead atoms. The zero-order valence-corrected chi connectivity index (χ0v) is 24.2. The zero-order valence-electron chi connectivity index (χ0n) is 22.6. The Labute approximate surface area is 207 Å². The maximum atomic E-state index is 2.47. The van der Waals surface area contributed by atoms with E-state index in [0.717, 1.165) is 0 Å². The first-order valence-corrected chi connectivity index (χ1v) is 14.7. The number of hydrogen-bond donors (Lipinski definition) is 0. The second-order valence-electron chi connectivity index (χ2n) is 11.2. The van der Waals surface area contributed by atoms with E-state index in [-0.39, 0.29) is 0 Å². The van der Waals surface area contributed by atoms with Gasteiger partial charge in [-0.1, -0.05) is 129 Å². The summed E-state index contributed by atoms with van der Waals surface area (Å²) in [7, 11) is 4.00. The summed E-state index contributed by atoms with van der Waals surface area (Å²) in [6, 6.07) is 9.88. The average molecular weight is 471 g/mol. The van der Waals surface area contributed by atoms with E-state index in [2.05, 4.69) is 107 Å². The van der Waals surface area contributed by atoms with Gasteiger partial charge in [0, 0.05) is 9.79 Å². The normalized spacial score (nSPS) is 12.4. The van der Waals surface area contributed by atoms with Crippen LogP contribution in [0.4, 0.5) is 0 Å². The van der Waals surface area contributed by atoms with Gasteiger partial charge in [0.2, 0.25) is 0 Å². The summed E-state index contributed by atoms with van der Waals surface area (Å²) in [4.78, 5) is 2.98. The molecule has 0 unspecified atom stereocenters. The molecular weight excluding hydrogens is 424 g/mol. The molecule has 2 aromatic carbocycles. The van der Waals surface area contributed by atoms with E-state index in [4.69, 9.17) is 0 Å². The van der Waals surface area contributed by atoms with Gasteiger partial charge in [-0.2, -0.15) is 0 Å². The number of rotatable bonds is 9. The summed E-state index contributed by atoms with van der Waals surface area (Å²) in [5, 5.41) is 0. The number of hydrogen-bond acceptors (Lipinski definition) is 2. The average Bonchev–Trinajstić information content (AvgIpc) is 2.70. The summed E-state index contributed by atoms with van der Waals surface area (Å²) in [6.45, 7) is 28.0. The summed E-state index contributed by atoms with van der Waals surface area (Å²) in [6.07, 6.45) is 0. The summed E-state index contributed by atoms with van der Waals surface area (Å²) in [5.74, 6) is 3.19. The highest BCUT2D eigenvalue weighted by Crippen LogP contribution is 2.49. The maximum absolute atomic E-state index is 2.47. The van der Waals surface area contributed by atoms with E-state index in [0.29, 0.717) is 35.5 Å². The molecule has 0 aliphatic heterocycles. The van der Waals surface area contributed by atoms with Gasteiger partial charge in [-0.25, -0.2) is 0 Å². The first-order chi connectivity index (χ1) is 14.8. The van der Waals surface area contributed by atoms with E-state index in [1.807, 2.05) is 21.6 Å². The van der Waals surface area contributed by atoms with Crippen LogP contribution in [0.1, 0.15) is 152 Å². The lowest BCUT2D eigenvalue weighted by molar-refractivity contribution is 0.771. The van der Waals surface area contributed by atoms with Crippen molar-refractivity contribution >= 4 is 21.6 Å². The fourth-order valence-corrected chi connectivity index (χ4v) is 7.44. The van der Waals surface area contributed by atoms with Gasteiger partial charge in [0.1, 0.15) is 0 Å². The van der Waals surface area contributed by atoms with Crippen molar-refractivity contribution in [3.63, 3.8) is 0 Å². The molecule has 0 saturated carbocycles. The van der Waals surface area contributed by atoms with E-state index in [1.165, 1.54) is 43.2 Å². The molecule has 2 heteroatoms. The minimum absolute atomic E-state index is 0.520. The quantitative estimate of drug-likeness (QED) is 0.334. The molecule has 0 saturated heterocycles. The third-order valence-electron chi connectivity index (χ3n) is 6.37. The Morgan fingerprint density at radius 1 is 0.375 bits per heavy atom. The van der Waals surface area contributed by atoms with Crippen LogP contribution in [0.2, 0.25) is 0 Å². The van der Waals surface area contributed by atoms with Crippen molar-refractivity contribution in [1.29, 1.82) is 0 Å². The predicted octanol–water partition coefficient (Wildman–Crippen LogP) is 11.2. The fourth-order valence-electron chi connectivity index (χ4n) is 4.05. The van der Waals surface area contributed by atoms with Crippen molar-refractivity contribution in [2.45, 2.75) is 128 Å². The molecule has 0 N–H and O–H groups in total. The Bertz CT molecular complexity index is 768. The topological polar surface area (TPSA) is 0 Å². The van der Waals surface area contributed by atoms with Crippen LogP contribution in [0.15, 0.2) is 34.1 Å². The third-order valence-corrected chi connectivity index (χ3v) is 8.98. The standard InChI is InChI=1S/C30H46S2/c1-17(2)23-13-25(19(5)6)29(26(14-23)20(7)8)31-32-30-27(21(9)10)15-24(18(3)4)16-28(30)22(11)12/h13-22H,1-12H3. The van der Waals surface area contributed by atoms with Crippen LogP contribution >= 0.6 is 21.6 Å². The Kier molecular flexibility index (Phi) is 9.86. The molecule has 0 atom stereocenters. The molecule has 2 rings (SSSR count). The molecule has 0 aromatic heterocycles. The summed E-state index contributed by atoms with van der Waals surface area (Å²) in [5.41, 5.74) is 8.97. The molecule has 0 spiro atoms. The molecule has 0 fully saturated rings. The predicted molar refractivity (Wildman–Crippen MR) is 149 cm³/mol.